The van der Waals surface area contributed by atoms with Crippen molar-refractivity contribution >= 4 is 0 Å². The molecule has 0 saturated carbocycles. The molecule has 19 heavy (non-hydrogen) atoms. The number of hydrogen-bond donors (Lipinski definition) is 1. The van der Waals surface area contributed by atoms with E-state index in [0.717, 1.165) is 25.1 Å². The van der Waals surface area contributed by atoms with Gasteiger partial charge in [-0.05, 0) is 12.5 Å². The molecular weight excluding hydrogens is 242 g/mol. The summed E-state index contributed by atoms with van der Waals surface area (Å²) in [7, 11) is 3.41. The van der Waals surface area contributed by atoms with Gasteiger partial charge in [-0.2, -0.15) is 0 Å². The Labute approximate surface area is 115 Å². The summed E-state index contributed by atoms with van der Waals surface area (Å²) in [5.74, 6) is 0.356. The molecule has 0 fully saturated rings. The summed E-state index contributed by atoms with van der Waals surface area (Å²) in [6, 6.07) is 7.72. The average molecular weight is 267 g/mol. The number of para-hydroxylation sites is 1. The standard InChI is InChI=1S/C15H25NO3/c1-4-14(13-7-5-6-8-15(13)17)16(9-11-18-2)10-12-19-3/h5-8,14,17H,4,9-12H2,1-3H3. The molecule has 0 aliphatic carbocycles. The van der Waals surface area contributed by atoms with E-state index in [1.54, 1.807) is 20.3 Å². The summed E-state index contributed by atoms with van der Waals surface area (Å²) in [6.45, 7) is 5.13. The average Bonchev–Trinajstić information content (AvgIpc) is 2.43. The van der Waals surface area contributed by atoms with Crippen LogP contribution in [0.3, 0.4) is 0 Å². The molecule has 1 aromatic rings. The van der Waals surface area contributed by atoms with Gasteiger partial charge in [0.15, 0.2) is 0 Å². The van der Waals surface area contributed by atoms with Gasteiger partial charge in [0, 0.05) is 38.9 Å². The lowest BCUT2D eigenvalue weighted by molar-refractivity contribution is 0.0847. The van der Waals surface area contributed by atoms with Crippen LogP contribution in [0.4, 0.5) is 0 Å². The molecule has 1 unspecified atom stereocenters. The Bertz CT molecular complexity index is 349. The van der Waals surface area contributed by atoms with E-state index in [4.69, 9.17) is 9.47 Å². The van der Waals surface area contributed by atoms with Crippen molar-refractivity contribution in [1.29, 1.82) is 0 Å². The second kappa shape index (κ2) is 8.91. The molecule has 0 aromatic heterocycles. The predicted octanol–water partition coefficient (Wildman–Crippen LogP) is 2.44. The van der Waals surface area contributed by atoms with Crippen LogP contribution in [0.15, 0.2) is 24.3 Å². The van der Waals surface area contributed by atoms with E-state index in [1.165, 1.54) is 0 Å². The monoisotopic (exact) mass is 267 g/mol. The first-order valence-corrected chi connectivity index (χ1v) is 6.74. The van der Waals surface area contributed by atoms with Crippen molar-refractivity contribution in [2.24, 2.45) is 0 Å². The lowest BCUT2D eigenvalue weighted by Crippen LogP contribution is -2.34. The van der Waals surface area contributed by atoms with Crippen LogP contribution in [0.5, 0.6) is 5.75 Å². The lowest BCUT2D eigenvalue weighted by Gasteiger charge is -2.31. The molecule has 0 radical (unpaired) electrons. The van der Waals surface area contributed by atoms with Gasteiger partial charge < -0.3 is 14.6 Å². The van der Waals surface area contributed by atoms with Crippen LogP contribution in [0, 0.1) is 0 Å². The fraction of sp³-hybridized carbons (Fsp3) is 0.600. The zero-order chi connectivity index (χ0) is 14.1. The van der Waals surface area contributed by atoms with Crippen LogP contribution >= 0.6 is 0 Å². The molecule has 1 N–H and O–H groups in total. The Morgan fingerprint density at radius 3 is 2.16 bits per heavy atom. The van der Waals surface area contributed by atoms with Gasteiger partial charge in [-0.25, -0.2) is 0 Å². The van der Waals surface area contributed by atoms with E-state index in [2.05, 4.69) is 11.8 Å². The van der Waals surface area contributed by atoms with Crippen LogP contribution in [0.2, 0.25) is 0 Å². The van der Waals surface area contributed by atoms with Crippen molar-refractivity contribution in [2.45, 2.75) is 19.4 Å². The molecule has 0 saturated heterocycles. The van der Waals surface area contributed by atoms with Gasteiger partial charge in [0.25, 0.3) is 0 Å². The molecule has 4 nitrogen and oxygen atoms in total. The number of benzene rings is 1. The number of aromatic hydroxyl groups is 1. The van der Waals surface area contributed by atoms with E-state index >= 15 is 0 Å². The topological polar surface area (TPSA) is 41.9 Å². The Morgan fingerprint density at radius 2 is 1.68 bits per heavy atom. The minimum atomic E-state index is 0.187. The van der Waals surface area contributed by atoms with Gasteiger partial charge in [-0.15, -0.1) is 0 Å². The highest BCUT2D eigenvalue weighted by molar-refractivity contribution is 5.34. The van der Waals surface area contributed by atoms with Crippen molar-refractivity contribution in [3.63, 3.8) is 0 Å². The molecular formula is C15H25NO3. The second-order valence-electron chi connectivity index (χ2n) is 4.50. The SMILES string of the molecule is CCC(c1ccccc1O)N(CCOC)CCOC. The number of methoxy groups -OCH3 is 2. The zero-order valence-corrected chi connectivity index (χ0v) is 12.1. The van der Waals surface area contributed by atoms with Gasteiger partial charge in [0.1, 0.15) is 5.75 Å². The van der Waals surface area contributed by atoms with Gasteiger partial charge in [0.05, 0.1) is 13.2 Å². The first kappa shape index (κ1) is 16.0. The third kappa shape index (κ3) is 4.82. The Kier molecular flexibility index (Phi) is 7.48. The molecule has 1 aromatic carbocycles. The molecule has 0 aliphatic heterocycles. The van der Waals surface area contributed by atoms with Gasteiger partial charge in [-0.3, -0.25) is 4.90 Å². The molecule has 0 spiro atoms. The summed E-state index contributed by atoms with van der Waals surface area (Å²) in [4.78, 5) is 2.29. The van der Waals surface area contributed by atoms with Crippen molar-refractivity contribution in [1.82, 2.24) is 4.90 Å². The number of phenolic OH excluding ortho intramolecular Hbond substituents is 1. The van der Waals surface area contributed by atoms with Crippen molar-refractivity contribution < 1.29 is 14.6 Å². The molecule has 0 bridgehead atoms. The van der Waals surface area contributed by atoms with Gasteiger partial charge >= 0.3 is 0 Å². The van der Waals surface area contributed by atoms with Crippen LogP contribution in [-0.2, 0) is 9.47 Å². The van der Waals surface area contributed by atoms with E-state index in [9.17, 15) is 5.11 Å². The number of phenols is 1. The Morgan fingerprint density at radius 1 is 1.11 bits per heavy atom. The van der Waals surface area contributed by atoms with Crippen molar-refractivity contribution in [2.75, 3.05) is 40.5 Å². The highest BCUT2D eigenvalue weighted by atomic mass is 16.5. The number of rotatable bonds is 9. The van der Waals surface area contributed by atoms with Gasteiger partial charge in [0.2, 0.25) is 0 Å². The number of nitrogens with zero attached hydrogens (tertiary/aromatic N) is 1. The molecule has 0 amide bonds. The molecule has 0 aliphatic rings. The first-order valence-electron chi connectivity index (χ1n) is 6.74. The molecule has 1 rings (SSSR count). The second-order valence-corrected chi connectivity index (χ2v) is 4.50. The maximum atomic E-state index is 10.0. The van der Waals surface area contributed by atoms with Crippen LogP contribution in [0.25, 0.3) is 0 Å². The normalized spacial score (nSPS) is 12.8. The first-order chi connectivity index (χ1) is 9.24. The molecule has 0 heterocycles. The number of hydrogen-bond acceptors (Lipinski definition) is 4. The van der Waals surface area contributed by atoms with E-state index in [1.807, 2.05) is 18.2 Å². The fourth-order valence-electron chi connectivity index (χ4n) is 2.28. The highest BCUT2D eigenvalue weighted by Crippen LogP contribution is 2.30. The lowest BCUT2D eigenvalue weighted by atomic mass is 10.0. The van der Waals surface area contributed by atoms with Crippen LogP contribution < -0.4 is 0 Å². The van der Waals surface area contributed by atoms with Gasteiger partial charge in [-0.1, -0.05) is 25.1 Å². The summed E-state index contributed by atoms with van der Waals surface area (Å²) in [5.41, 5.74) is 0.970. The Balaban J connectivity index is 2.85. The van der Waals surface area contributed by atoms with Crippen molar-refractivity contribution in [3.05, 3.63) is 29.8 Å². The van der Waals surface area contributed by atoms with E-state index in [0.29, 0.717) is 19.0 Å². The third-order valence-electron chi connectivity index (χ3n) is 3.29. The third-order valence-corrected chi connectivity index (χ3v) is 3.29. The summed E-state index contributed by atoms with van der Waals surface area (Å²) >= 11 is 0. The van der Waals surface area contributed by atoms with Crippen LogP contribution in [-0.4, -0.2) is 50.5 Å². The largest absolute Gasteiger partial charge is 0.508 e. The highest BCUT2D eigenvalue weighted by Gasteiger charge is 2.20. The van der Waals surface area contributed by atoms with Crippen LogP contribution in [0.1, 0.15) is 24.9 Å². The minimum Gasteiger partial charge on any atom is -0.508 e. The Hall–Kier alpha value is -1.10. The maximum absolute atomic E-state index is 10.0. The van der Waals surface area contributed by atoms with E-state index in [-0.39, 0.29) is 6.04 Å². The molecule has 4 heteroatoms. The maximum Gasteiger partial charge on any atom is 0.120 e. The van der Waals surface area contributed by atoms with E-state index < -0.39 is 0 Å². The summed E-state index contributed by atoms with van der Waals surface area (Å²) in [6.07, 6.45) is 0.936. The predicted molar refractivity (Wildman–Crippen MR) is 76.5 cm³/mol. The zero-order valence-electron chi connectivity index (χ0n) is 12.1. The fourth-order valence-corrected chi connectivity index (χ4v) is 2.28. The number of ether oxygens (including phenoxy) is 2. The minimum absolute atomic E-state index is 0.187. The van der Waals surface area contributed by atoms with Crippen molar-refractivity contribution in [3.8, 4) is 5.75 Å². The molecule has 108 valence electrons. The molecule has 1 atom stereocenters. The summed E-state index contributed by atoms with van der Waals surface area (Å²) in [5, 5.41) is 10.0. The summed E-state index contributed by atoms with van der Waals surface area (Å²) < 4.78 is 10.3. The smallest absolute Gasteiger partial charge is 0.120 e. The quantitative estimate of drug-likeness (QED) is 0.746.